The zero-order chi connectivity index (χ0) is 10.7. The van der Waals surface area contributed by atoms with Gasteiger partial charge in [-0.3, -0.25) is 0 Å². The molecule has 0 radical (unpaired) electrons. The molecule has 0 aromatic carbocycles. The summed E-state index contributed by atoms with van der Waals surface area (Å²) in [5.41, 5.74) is 5.71. The van der Waals surface area contributed by atoms with E-state index in [1.807, 2.05) is 20.1 Å². The molecular formula is C8H13ClN4S. The third-order valence-corrected chi connectivity index (χ3v) is 2.47. The van der Waals surface area contributed by atoms with E-state index < -0.39 is 0 Å². The van der Waals surface area contributed by atoms with Crippen LogP contribution in [-0.4, -0.2) is 22.3 Å². The number of nitrogens with one attached hydrogen (secondary N) is 1. The molecule has 0 bridgehead atoms. The van der Waals surface area contributed by atoms with E-state index in [-0.39, 0.29) is 11.3 Å². The second-order valence-electron chi connectivity index (χ2n) is 3.06. The Balaban J connectivity index is 3.11. The molecule has 0 aliphatic rings. The van der Waals surface area contributed by atoms with Crippen LogP contribution in [0.3, 0.4) is 0 Å². The highest BCUT2D eigenvalue weighted by molar-refractivity contribution is 7.98. The van der Waals surface area contributed by atoms with E-state index in [9.17, 15) is 0 Å². The first kappa shape index (κ1) is 11.4. The van der Waals surface area contributed by atoms with E-state index in [2.05, 4.69) is 15.3 Å². The summed E-state index contributed by atoms with van der Waals surface area (Å²) in [5.74, 6) is 1.12. The molecule has 0 atom stereocenters. The van der Waals surface area contributed by atoms with Crippen molar-refractivity contribution in [1.82, 2.24) is 9.97 Å². The SMILES string of the molecule is CSc1c(N)nc(Cl)nc1NC(C)C. The third kappa shape index (κ3) is 2.65. The Kier molecular flexibility index (Phi) is 3.83. The van der Waals surface area contributed by atoms with Crippen molar-refractivity contribution in [2.75, 3.05) is 17.3 Å². The van der Waals surface area contributed by atoms with E-state index in [0.29, 0.717) is 11.6 Å². The molecular weight excluding hydrogens is 220 g/mol. The number of aromatic nitrogens is 2. The average molecular weight is 233 g/mol. The summed E-state index contributed by atoms with van der Waals surface area (Å²) in [7, 11) is 0. The Morgan fingerprint density at radius 1 is 1.43 bits per heavy atom. The standard InChI is InChI=1S/C8H13ClN4S/c1-4(2)11-7-5(14-3)6(10)12-8(9)13-7/h4H,1-3H3,(H3,10,11,12,13). The number of thioether (sulfide) groups is 1. The van der Waals surface area contributed by atoms with Crippen molar-refractivity contribution < 1.29 is 0 Å². The van der Waals surface area contributed by atoms with Gasteiger partial charge in [-0.2, -0.15) is 9.97 Å². The topological polar surface area (TPSA) is 63.8 Å². The highest BCUT2D eigenvalue weighted by atomic mass is 35.5. The highest BCUT2D eigenvalue weighted by Crippen LogP contribution is 2.29. The van der Waals surface area contributed by atoms with Crippen molar-refractivity contribution in [3.05, 3.63) is 5.28 Å². The van der Waals surface area contributed by atoms with Crippen LogP contribution in [-0.2, 0) is 0 Å². The fraction of sp³-hybridized carbons (Fsp3) is 0.500. The minimum absolute atomic E-state index is 0.170. The van der Waals surface area contributed by atoms with Gasteiger partial charge in [0.25, 0.3) is 0 Å². The molecule has 6 heteroatoms. The van der Waals surface area contributed by atoms with Crippen LogP contribution >= 0.6 is 23.4 Å². The van der Waals surface area contributed by atoms with E-state index >= 15 is 0 Å². The first-order valence-electron chi connectivity index (χ1n) is 4.18. The van der Waals surface area contributed by atoms with E-state index in [1.54, 1.807) is 0 Å². The number of halogens is 1. The van der Waals surface area contributed by atoms with Crippen molar-refractivity contribution in [2.24, 2.45) is 0 Å². The van der Waals surface area contributed by atoms with Crippen LogP contribution in [0.15, 0.2) is 4.90 Å². The van der Waals surface area contributed by atoms with Gasteiger partial charge in [0.05, 0.1) is 4.90 Å². The lowest BCUT2D eigenvalue weighted by Crippen LogP contribution is -2.13. The van der Waals surface area contributed by atoms with Crippen molar-refractivity contribution in [1.29, 1.82) is 0 Å². The predicted molar refractivity (Wildman–Crippen MR) is 62.0 cm³/mol. The van der Waals surface area contributed by atoms with Gasteiger partial charge in [-0.1, -0.05) is 0 Å². The van der Waals surface area contributed by atoms with Crippen LogP contribution < -0.4 is 11.1 Å². The van der Waals surface area contributed by atoms with Crippen LogP contribution in [0.4, 0.5) is 11.6 Å². The normalized spacial score (nSPS) is 10.6. The van der Waals surface area contributed by atoms with Crippen LogP contribution in [0.5, 0.6) is 0 Å². The molecule has 78 valence electrons. The molecule has 1 aromatic rings. The maximum absolute atomic E-state index is 5.71. The van der Waals surface area contributed by atoms with E-state index in [4.69, 9.17) is 17.3 Å². The van der Waals surface area contributed by atoms with Gasteiger partial charge in [0, 0.05) is 6.04 Å². The predicted octanol–water partition coefficient (Wildman–Crippen LogP) is 2.25. The van der Waals surface area contributed by atoms with Gasteiger partial charge < -0.3 is 11.1 Å². The van der Waals surface area contributed by atoms with Gasteiger partial charge in [0.15, 0.2) is 0 Å². The average Bonchev–Trinajstić information content (AvgIpc) is 2.01. The van der Waals surface area contributed by atoms with Gasteiger partial charge in [-0.05, 0) is 31.7 Å². The maximum atomic E-state index is 5.71. The molecule has 1 rings (SSSR count). The van der Waals surface area contributed by atoms with Gasteiger partial charge in [0.1, 0.15) is 11.6 Å². The Bertz CT molecular complexity index is 329. The number of hydrogen-bond acceptors (Lipinski definition) is 5. The second kappa shape index (κ2) is 4.70. The zero-order valence-corrected chi connectivity index (χ0v) is 9.91. The minimum Gasteiger partial charge on any atom is -0.383 e. The number of nitrogens with two attached hydrogens (primary N) is 1. The Morgan fingerprint density at radius 2 is 2.07 bits per heavy atom. The van der Waals surface area contributed by atoms with Crippen LogP contribution in [0.1, 0.15) is 13.8 Å². The summed E-state index contributed by atoms with van der Waals surface area (Å²) in [6.07, 6.45) is 1.93. The number of nitrogen functional groups attached to an aromatic ring is 1. The third-order valence-electron chi connectivity index (χ3n) is 1.49. The van der Waals surface area contributed by atoms with Crippen LogP contribution in [0, 0.1) is 0 Å². The monoisotopic (exact) mass is 232 g/mol. The fourth-order valence-corrected chi connectivity index (χ4v) is 1.74. The maximum Gasteiger partial charge on any atom is 0.226 e. The summed E-state index contributed by atoms with van der Waals surface area (Å²) in [6.45, 7) is 4.05. The number of rotatable bonds is 3. The summed E-state index contributed by atoms with van der Waals surface area (Å²) in [6, 6.07) is 0.284. The molecule has 0 aliphatic heterocycles. The molecule has 1 heterocycles. The quantitative estimate of drug-likeness (QED) is 0.618. The van der Waals surface area contributed by atoms with Gasteiger partial charge in [-0.25, -0.2) is 0 Å². The number of hydrogen-bond donors (Lipinski definition) is 2. The first-order chi connectivity index (χ1) is 6.54. The first-order valence-corrected chi connectivity index (χ1v) is 5.78. The molecule has 1 aromatic heterocycles. The van der Waals surface area contributed by atoms with E-state index in [0.717, 1.165) is 4.90 Å². The molecule has 0 amide bonds. The van der Waals surface area contributed by atoms with Gasteiger partial charge >= 0.3 is 0 Å². The number of nitrogens with zero attached hydrogens (tertiary/aromatic N) is 2. The smallest absolute Gasteiger partial charge is 0.226 e. The highest BCUT2D eigenvalue weighted by Gasteiger charge is 2.11. The van der Waals surface area contributed by atoms with Gasteiger partial charge in [-0.15, -0.1) is 11.8 Å². The van der Waals surface area contributed by atoms with Crippen LogP contribution in [0.2, 0.25) is 5.28 Å². The molecule has 0 unspecified atom stereocenters. The summed E-state index contributed by atoms with van der Waals surface area (Å²) >= 11 is 7.21. The lowest BCUT2D eigenvalue weighted by molar-refractivity contribution is 0.877. The molecule has 14 heavy (non-hydrogen) atoms. The lowest BCUT2D eigenvalue weighted by Gasteiger charge is -2.13. The van der Waals surface area contributed by atoms with E-state index in [1.165, 1.54) is 11.8 Å². The summed E-state index contributed by atoms with van der Waals surface area (Å²) in [4.78, 5) is 8.81. The zero-order valence-electron chi connectivity index (χ0n) is 8.34. The molecule has 0 aliphatic carbocycles. The Hall–Kier alpha value is -0.680. The summed E-state index contributed by atoms with van der Waals surface area (Å²) < 4.78 is 0. The minimum atomic E-state index is 0.170. The molecule has 4 nitrogen and oxygen atoms in total. The second-order valence-corrected chi connectivity index (χ2v) is 4.21. The largest absolute Gasteiger partial charge is 0.383 e. The molecule has 0 saturated carbocycles. The lowest BCUT2D eigenvalue weighted by atomic mass is 10.4. The van der Waals surface area contributed by atoms with Crippen molar-refractivity contribution in [2.45, 2.75) is 24.8 Å². The fourth-order valence-electron chi connectivity index (χ4n) is 1.01. The van der Waals surface area contributed by atoms with Crippen molar-refractivity contribution in [3.63, 3.8) is 0 Å². The molecule has 3 N–H and O–H groups in total. The van der Waals surface area contributed by atoms with Crippen LogP contribution in [0.25, 0.3) is 0 Å². The summed E-state index contributed by atoms with van der Waals surface area (Å²) in [5, 5.41) is 3.34. The number of anilines is 2. The van der Waals surface area contributed by atoms with Crippen molar-refractivity contribution >= 4 is 35.0 Å². The molecule has 0 saturated heterocycles. The molecule has 0 fully saturated rings. The Morgan fingerprint density at radius 3 is 2.57 bits per heavy atom. The Labute approximate surface area is 92.6 Å². The van der Waals surface area contributed by atoms with Crippen molar-refractivity contribution in [3.8, 4) is 0 Å². The van der Waals surface area contributed by atoms with Gasteiger partial charge in [0.2, 0.25) is 5.28 Å². The molecule has 0 spiro atoms.